The number of urea groups is 1. The van der Waals surface area contributed by atoms with Crippen LogP contribution in [0.25, 0.3) is 0 Å². The maximum Gasteiger partial charge on any atom is 0.315 e. The SMILES string of the molecule is CC(C)(O)c1cn([C@@H]2CCCC[C@@H]2NC(=O)NC2CC2)nn1. The molecular formula is C15H25N5O2. The molecule has 0 unspecified atom stereocenters. The topological polar surface area (TPSA) is 92.1 Å². The van der Waals surface area contributed by atoms with E-state index in [-0.39, 0.29) is 18.1 Å². The summed E-state index contributed by atoms with van der Waals surface area (Å²) >= 11 is 0. The molecule has 0 saturated heterocycles. The van der Waals surface area contributed by atoms with Gasteiger partial charge in [0.15, 0.2) is 0 Å². The lowest BCUT2D eigenvalue weighted by molar-refractivity contribution is 0.0736. The van der Waals surface area contributed by atoms with E-state index in [1.54, 1.807) is 24.7 Å². The van der Waals surface area contributed by atoms with Crippen LogP contribution in [-0.4, -0.2) is 38.2 Å². The average Bonchev–Trinajstić information content (AvgIpc) is 3.10. The maximum atomic E-state index is 12.0. The van der Waals surface area contributed by atoms with Crippen LogP contribution in [0.1, 0.15) is 64.1 Å². The second-order valence-corrected chi connectivity index (χ2v) is 6.99. The van der Waals surface area contributed by atoms with E-state index in [0.717, 1.165) is 38.5 Å². The highest BCUT2D eigenvalue weighted by molar-refractivity contribution is 5.75. The molecule has 3 N–H and O–H groups in total. The first-order valence-electron chi connectivity index (χ1n) is 8.15. The van der Waals surface area contributed by atoms with Gasteiger partial charge in [-0.15, -0.1) is 5.10 Å². The molecule has 122 valence electrons. The van der Waals surface area contributed by atoms with Crippen LogP contribution in [0.4, 0.5) is 4.79 Å². The molecule has 7 heteroatoms. The van der Waals surface area contributed by atoms with Gasteiger partial charge in [-0.05, 0) is 39.5 Å². The van der Waals surface area contributed by atoms with Crippen LogP contribution in [0.3, 0.4) is 0 Å². The van der Waals surface area contributed by atoms with Crippen LogP contribution in [-0.2, 0) is 5.60 Å². The van der Waals surface area contributed by atoms with Crippen molar-refractivity contribution in [2.45, 2.75) is 76.1 Å². The number of carbonyl (C=O) groups is 1. The van der Waals surface area contributed by atoms with Crippen molar-refractivity contribution in [1.82, 2.24) is 25.6 Å². The Morgan fingerprint density at radius 3 is 2.64 bits per heavy atom. The zero-order chi connectivity index (χ0) is 15.7. The molecule has 3 rings (SSSR count). The molecule has 22 heavy (non-hydrogen) atoms. The Morgan fingerprint density at radius 1 is 1.27 bits per heavy atom. The molecule has 2 atom stereocenters. The summed E-state index contributed by atoms with van der Waals surface area (Å²) in [5.41, 5.74) is -0.446. The molecule has 2 aliphatic rings. The number of hydrogen-bond acceptors (Lipinski definition) is 4. The molecule has 0 bridgehead atoms. The van der Waals surface area contributed by atoms with Crippen molar-refractivity contribution < 1.29 is 9.90 Å². The molecule has 2 fully saturated rings. The van der Waals surface area contributed by atoms with E-state index in [4.69, 9.17) is 0 Å². The third-order valence-corrected chi connectivity index (χ3v) is 4.44. The minimum absolute atomic E-state index is 0.0591. The summed E-state index contributed by atoms with van der Waals surface area (Å²) in [5, 5.41) is 24.3. The summed E-state index contributed by atoms with van der Waals surface area (Å²) in [6.45, 7) is 3.39. The van der Waals surface area contributed by atoms with Gasteiger partial charge in [0.1, 0.15) is 11.3 Å². The molecule has 2 saturated carbocycles. The van der Waals surface area contributed by atoms with E-state index in [9.17, 15) is 9.90 Å². The zero-order valence-corrected chi connectivity index (χ0v) is 13.2. The minimum atomic E-state index is -1.00. The molecule has 2 aliphatic carbocycles. The van der Waals surface area contributed by atoms with Gasteiger partial charge in [0, 0.05) is 6.04 Å². The number of carbonyl (C=O) groups excluding carboxylic acids is 1. The van der Waals surface area contributed by atoms with Gasteiger partial charge in [0.25, 0.3) is 0 Å². The average molecular weight is 307 g/mol. The Labute approximate surface area is 130 Å². The smallest absolute Gasteiger partial charge is 0.315 e. The first-order valence-corrected chi connectivity index (χ1v) is 8.15. The minimum Gasteiger partial charge on any atom is -0.384 e. The third-order valence-electron chi connectivity index (χ3n) is 4.44. The second-order valence-electron chi connectivity index (χ2n) is 6.99. The maximum absolute atomic E-state index is 12.0. The second kappa shape index (κ2) is 5.87. The van der Waals surface area contributed by atoms with Crippen molar-refractivity contribution in [3.05, 3.63) is 11.9 Å². The summed E-state index contributed by atoms with van der Waals surface area (Å²) in [5.74, 6) is 0. The van der Waals surface area contributed by atoms with Crippen LogP contribution >= 0.6 is 0 Å². The molecule has 0 spiro atoms. The molecule has 1 heterocycles. The van der Waals surface area contributed by atoms with Crippen molar-refractivity contribution in [3.8, 4) is 0 Å². The highest BCUT2D eigenvalue weighted by Gasteiger charge is 2.31. The van der Waals surface area contributed by atoms with E-state index >= 15 is 0 Å². The normalized spacial score (nSPS) is 25.8. The fourth-order valence-corrected chi connectivity index (χ4v) is 2.94. The molecule has 1 aromatic heterocycles. The molecule has 7 nitrogen and oxygen atoms in total. The number of aromatic nitrogens is 3. The predicted molar refractivity (Wildman–Crippen MR) is 81.2 cm³/mol. The number of nitrogens with one attached hydrogen (secondary N) is 2. The van der Waals surface area contributed by atoms with E-state index in [1.807, 2.05) is 0 Å². The Kier molecular flexibility index (Phi) is 4.08. The summed E-state index contributed by atoms with van der Waals surface area (Å²) in [4.78, 5) is 12.0. The van der Waals surface area contributed by atoms with Gasteiger partial charge >= 0.3 is 6.03 Å². The lowest BCUT2D eigenvalue weighted by atomic mass is 9.90. The number of aliphatic hydroxyl groups is 1. The Hall–Kier alpha value is -1.63. The third kappa shape index (κ3) is 3.58. The van der Waals surface area contributed by atoms with E-state index in [0.29, 0.717) is 11.7 Å². The highest BCUT2D eigenvalue weighted by atomic mass is 16.3. The fraction of sp³-hybridized carbons (Fsp3) is 0.800. The van der Waals surface area contributed by atoms with Crippen molar-refractivity contribution in [2.24, 2.45) is 0 Å². The quantitative estimate of drug-likeness (QED) is 0.785. The van der Waals surface area contributed by atoms with Crippen LogP contribution in [0, 0.1) is 0 Å². The van der Waals surface area contributed by atoms with Crippen LogP contribution in [0.15, 0.2) is 6.20 Å². The monoisotopic (exact) mass is 307 g/mol. The van der Waals surface area contributed by atoms with E-state index < -0.39 is 5.60 Å². The Balaban J connectivity index is 1.68. The predicted octanol–water partition coefficient (Wildman–Crippen LogP) is 1.45. The van der Waals surface area contributed by atoms with Gasteiger partial charge in [0.2, 0.25) is 0 Å². The lowest BCUT2D eigenvalue weighted by Gasteiger charge is -2.32. The van der Waals surface area contributed by atoms with Crippen LogP contribution < -0.4 is 10.6 Å². The number of rotatable bonds is 4. The van der Waals surface area contributed by atoms with E-state index in [1.165, 1.54) is 0 Å². The summed E-state index contributed by atoms with van der Waals surface area (Å²) in [7, 11) is 0. The zero-order valence-electron chi connectivity index (χ0n) is 13.2. The van der Waals surface area contributed by atoms with Gasteiger partial charge in [-0.2, -0.15) is 0 Å². The number of amides is 2. The van der Waals surface area contributed by atoms with E-state index in [2.05, 4.69) is 20.9 Å². The van der Waals surface area contributed by atoms with Gasteiger partial charge in [0.05, 0.1) is 18.3 Å². The van der Waals surface area contributed by atoms with Crippen molar-refractivity contribution >= 4 is 6.03 Å². The fourth-order valence-electron chi connectivity index (χ4n) is 2.94. The lowest BCUT2D eigenvalue weighted by Crippen LogP contribution is -2.48. The van der Waals surface area contributed by atoms with Gasteiger partial charge in [-0.25, -0.2) is 9.48 Å². The van der Waals surface area contributed by atoms with Crippen molar-refractivity contribution in [2.75, 3.05) is 0 Å². The summed E-state index contributed by atoms with van der Waals surface area (Å²) in [6.07, 6.45) is 8.09. The van der Waals surface area contributed by atoms with Crippen molar-refractivity contribution in [1.29, 1.82) is 0 Å². The Morgan fingerprint density at radius 2 is 2.00 bits per heavy atom. The van der Waals surface area contributed by atoms with Gasteiger partial charge < -0.3 is 15.7 Å². The van der Waals surface area contributed by atoms with Gasteiger partial charge in [-0.3, -0.25) is 0 Å². The molecule has 0 aromatic carbocycles. The number of hydrogen-bond donors (Lipinski definition) is 3. The molecular weight excluding hydrogens is 282 g/mol. The molecule has 0 radical (unpaired) electrons. The van der Waals surface area contributed by atoms with Crippen LogP contribution in [0.2, 0.25) is 0 Å². The largest absolute Gasteiger partial charge is 0.384 e. The molecule has 0 aliphatic heterocycles. The first-order chi connectivity index (χ1) is 10.4. The number of nitrogens with zero attached hydrogens (tertiary/aromatic N) is 3. The van der Waals surface area contributed by atoms with Crippen LogP contribution in [0.5, 0.6) is 0 Å². The first kappa shape index (κ1) is 15.3. The Bertz CT molecular complexity index is 532. The van der Waals surface area contributed by atoms with Gasteiger partial charge in [-0.1, -0.05) is 18.1 Å². The summed E-state index contributed by atoms with van der Waals surface area (Å²) < 4.78 is 1.80. The van der Waals surface area contributed by atoms with Crippen molar-refractivity contribution in [3.63, 3.8) is 0 Å². The molecule has 1 aromatic rings. The summed E-state index contributed by atoms with van der Waals surface area (Å²) in [6, 6.07) is 0.434. The molecule has 2 amide bonds. The standard InChI is InChI=1S/C15H25N5O2/c1-15(2,22)13-9-20(19-18-13)12-6-4-3-5-11(12)17-14(21)16-10-7-8-10/h9-12,22H,3-8H2,1-2H3,(H2,16,17,21)/t11-,12+/m0/s1. The highest BCUT2D eigenvalue weighted by Crippen LogP contribution is 2.29.